The van der Waals surface area contributed by atoms with Crippen molar-refractivity contribution in [1.29, 1.82) is 0 Å². The molecule has 100 valence electrons. The molecule has 0 aliphatic carbocycles. The number of hydrogen-bond acceptors (Lipinski definition) is 4. The van der Waals surface area contributed by atoms with Crippen molar-refractivity contribution in [3.8, 4) is 0 Å². The lowest BCUT2D eigenvalue weighted by Gasteiger charge is -2.05. The van der Waals surface area contributed by atoms with Crippen LogP contribution in [-0.4, -0.2) is 45.9 Å². The third-order valence-electron chi connectivity index (χ3n) is 2.34. The second kappa shape index (κ2) is 9.76. The van der Waals surface area contributed by atoms with E-state index in [-0.39, 0.29) is 12.4 Å². The summed E-state index contributed by atoms with van der Waals surface area (Å²) in [5, 5.41) is 0. The Morgan fingerprint density at radius 3 is 2.44 bits per heavy atom. The molecule has 0 fully saturated rings. The van der Waals surface area contributed by atoms with Crippen molar-refractivity contribution in [3.05, 3.63) is 35.9 Å². The molecule has 0 aliphatic rings. The summed E-state index contributed by atoms with van der Waals surface area (Å²) in [6, 6.07) is 9.15. The third-order valence-corrected chi connectivity index (χ3v) is 2.34. The van der Waals surface area contributed by atoms with Crippen LogP contribution in [0.5, 0.6) is 0 Å². The number of methoxy groups -OCH3 is 1. The second-order valence-electron chi connectivity index (χ2n) is 3.80. The maximum Gasteiger partial charge on any atom is 0.188 e. The molecule has 4 nitrogen and oxygen atoms in total. The van der Waals surface area contributed by atoms with Gasteiger partial charge in [-0.05, 0) is 6.42 Å². The molecule has 0 bridgehead atoms. The first-order valence-electron chi connectivity index (χ1n) is 6.07. The zero-order valence-electron chi connectivity index (χ0n) is 10.8. The molecule has 0 saturated heterocycles. The van der Waals surface area contributed by atoms with Gasteiger partial charge in [0.05, 0.1) is 13.2 Å². The van der Waals surface area contributed by atoms with Crippen LogP contribution in [0, 0.1) is 0 Å². The van der Waals surface area contributed by atoms with Gasteiger partial charge in [-0.3, -0.25) is 4.79 Å². The Morgan fingerprint density at radius 2 is 1.72 bits per heavy atom. The van der Waals surface area contributed by atoms with E-state index in [2.05, 4.69) is 0 Å². The molecule has 0 unspecified atom stereocenters. The van der Waals surface area contributed by atoms with Crippen LogP contribution in [-0.2, 0) is 14.2 Å². The Balaban J connectivity index is 2.00. The standard InChI is InChI=1S/C14H20O4/c1-16-10-11-17-8-5-9-18-12-14(15)13-6-3-2-4-7-13/h2-4,6-7H,5,8-12H2,1H3. The van der Waals surface area contributed by atoms with Crippen LogP contribution in [0.4, 0.5) is 0 Å². The van der Waals surface area contributed by atoms with Crippen LogP contribution in [0.2, 0.25) is 0 Å². The number of ketones is 1. The lowest BCUT2D eigenvalue weighted by molar-refractivity contribution is 0.0488. The molecule has 0 aromatic heterocycles. The summed E-state index contributed by atoms with van der Waals surface area (Å²) in [7, 11) is 1.64. The van der Waals surface area contributed by atoms with E-state index < -0.39 is 0 Å². The molecule has 1 aromatic rings. The van der Waals surface area contributed by atoms with Crippen molar-refractivity contribution in [2.45, 2.75) is 6.42 Å². The van der Waals surface area contributed by atoms with E-state index in [0.717, 1.165) is 6.42 Å². The van der Waals surface area contributed by atoms with Gasteiger partial charge in [0.1, 0.15) is 6.61 Å². The minimum Gasteiger partial charge on any atom is -0.382 e. The number of ether oxygens (including phenoxy) is 3. The van der Waals surface area contributed by atoms with Gasteiger partial charge in [0.15, 0.2) is 5.78 Å². The highest BCUT2D eigenvalue weighted by atomic mass is 16.5. The van der Waals surface area contributed by atoms with Crippen molar-refractivity contribution < 1.29 is 19.0 Å². The summed E-state index contributed by atoms with van der Waals surface area (Å²) in [5.41, 5.74) is 0.689. The van der Waals surface area contributed by atoms with Crippen molar-refractivity contribution in [2.24, 2.45) is 0 Å². The SMILES string of the molecule is COCCOCCCOCC(=O)c1ccccc1. The summed E-state index contributed by atoms with van der Waals surface area (Å²) in [6.07, 6.45) is 0.784. The van der Waals surface area contributed by atoms with Crippen molar-refractivity contribution in [1.82, 2.24) is 0 Å². The predicted octanol–water partition coefficient (Wildman–Crippen LogP) is 1.94. The lowest BCUT2D eigenvalue weighted by Crippen LogP contribution is -2.11. The molecule has 0 heterocycles. The fourth-order valence-electron chi connectivity index (χ4n) is 1.38. The summed E-state index contributed by atoms with van der Waals surface area (Å²) < 4.78 is 15.4. The summed E-state index contributed by atoms with van der Waals surface area (Å²) in [4.78, 5) is 11.6. The highest BCUT2D eigenvalue weighted by Gasteiger charge is 2.04. The molecular weight excluding hydrogens is 232 g/mol. The zero-order valence-corrected chi connectivity index (χ0v) is 10.8. The highest BCUT2D eigenvalue weighted by Crippen LogP contribution is 2.00. The average molecular weight is 252 g/mol. The summed E-state index contributed by atoms with van der Waals surface area (Å²) >= 11 is 0. The number of rotatable bonds is 10. The van der Waals surface area contributed by atoms with Gasteiger partial charge in [0.25, 0.3) is 0 Å². The molecular formula is C14H20O4. The third kappa shape index (κ3) is 6.49. The van der Waals surface area contributed by atoms with E-state index in [1.165, 1.54) is 0 Å². The highest BCUT2D eigenvalue weighted by molar-refractivity contribution is 5.96. The van der Waals surface area contributed by atoms with E-state index in [0.29, 0.717) is 32.0 Å². The molecule has 0 N–H and O–H groups in total. The maximum absolute atomic E-state index is 11.6. The van der Waals surface area contributed by atoms with Crippen LogP contribution in [0.3, 0.4) is 0 Å². The van der Waals surface area contributed by atoms with Crippen LogP contribution < -0.4 is 0 Å². The van der Waals surface area contributed by atoms with Crippen molar-refractivity contribution in [3.63, 3.8) is 0 Å². The molecule has 1 rings (SSSR count). The zero-order chi connectivity index (χ0) is 13.1. The largest absolute Gasteiger partial charge is 0.382 e. The van der Waals surface area contributed by atoms with Gasteiger partial charge in [-0.15, -0.1) is 0 Å². The molecule has 0 atom stereocenters. The molecule has 0 radical (unpaired) electrons. The minimum absolute atomic E-state index is 0.0101. The molecule has 0 aliphatic heterocycles. The van der Waals surface area contributed by atoms with E-state index in [9.17, 15) is 4.79 Å². The van der Waals surface area contributed by atoms with Crippen molar-refractivity contribution in [2.75, 3.05) is 40.1 Å². The van der Waals surface area contributed by atoms with Gasteiger partial charge < -0.3 is 14.2 Å². The first kappa shape index (κ1) is 14.8. The first-order chi connectivity index (χ1) is 8.84. The van der Waals surface area contributed by atoms with E-state index in [1.807, 2.05) is 18.2 Å². The summed E-state index contributed by atoms with van der Waals surface area (Å²) in [6.45, 7) is 2.49. The Morgan fingerprint density at radius 1 is 1.00 bits per heavy atom. The fraction of sp³-hybridized carbons (Fsp3) is 0.500. The Kier molecular flexibility index (Phi) is 8.04. The van der Waals surface area contributed by atoms with E-state index >= 15 is 0 Å². The number of carbonyl (C=O) groups excluding carboxylic acids is 1. The van der Waals surface area contributed by atoms with Crippen LogP contribution in [0.15, 0.2) is 30.3 Å². The Labute approximate surface area is 108 Å². The number of hydrogen-bond donors (Lipinski definition) is 0. The number of benzene rings is 1. The molecule has 18 heavy (non-hydrogen) atoms. The monoisotopic (exact) mass is 252 g/mol. The van der Waals surface area contributed by atoms with Crippen molar-refractivity contribution >= 4 is 5.78 Å². The van der Waals surface area contributed by atoms with Crippen LogP contribution in [0.1, 0.15) is 16.8 Å². The number of Topliss-reactive ketones (excluding diaryl/α,β-unsaturated/α-hetero) is 1. The smallest absolute Gasteiger partial charge is 0.188 e. The second-order valence-corrected chi connectivity index (χ2v) is 3.80. The van der Waals surface area contributed by atoms with Gasteiger partial charge in [0.2, 0.25) is 0 Å². The van der Waals surface area contributed by atoms with Gasteiger partial charge in [-0.25, -0.2) is 0 Å². The number of carbonyl (C=O) groups is 1. The molecule has 0 amide bonds. The lowest BCUT2D eigenvalue weighted by atomic mass is 10.1. The molecule has 0 saturated carbocycles. The van der Waals surface area contributed by atoms with Crippen LogP contribution in [0.25, 0.3) is 0 Å². The molecule has 4 heteroatoms. The van der Waals surface area contributed by atoms with Gasteiger partial charge in [0, 0.05) is 25.9 Å². The topological polar surface area (TPSA) is 44.8 Å². The summed E-state index contributed by atoms with van der Waals surface area (Å²) in [5.74, 6) is 0.0101. The van der Waals surface area contributed by atoms with E-state index in [4.69, 9.17) is 14.2 Å². The molecule has 1 aromatic carbocycles. The fourth-order valence-corrected chi connectivity index (χ4v) is 1.38. The minimum atomic E-state index is 0.0101. The molecule has 0 spiro atoms. The van der Waals surface area contributed by atoms with E-state index in [1.54, 1.807) is 19.2 Å². The average Bonchev–Trinajstić information content (AvgIpc) is 2.42. The van der Waals surface area contributed by atoms with Crippen LogP contribution >= 0.6 is 0 Å². The normalized spacial score (nSPS) is 10.5. The predicted molar refractivity (Wildman–Crippen MR) is 68.9 cm³/mol. The first-order valence-corrected chi connectivity index (χ1v) is 6.07. The Bertz CT molecular complexity index is 324. The maximum atomic E-state index is 11.6. The van der Waals surface area contributed by atoms with Gasteiger partial charge in [-0.2, -0.15) is 0 Å². The Hall–Kier alpha value is -1.23. The quantitative estimate of drug-likeness (QED) is 0.471. The van der Waals surface area contributed by atoms with Gasteiger partial charge in [-0.1, -0.05) is 30.3 Å². The van der Waals surface area contributed by atoms with Gasteiger partial charge >= 0.3 is 0 Å².